The Hall–Kier alpha value is -4.25. The van der Waals surface area contributed by atoms with Crippen molar-refractivity contribution in [3.05, 3.63) is 66.7 Å². The Labute approximate surface area is 221 Å². The van der Waals surface area contributed by atoms with Crippen LogP contribution in [0.5, 0.6) is 5.75 Å². The van der Waals surface area contributed by atoms with E-state index in [9.17, 15) is 13.2 Å². The van der Waals surface area contributed by atoms with Crippen molar-refractivity contribution in [3.8, 4) is 5.75 Å². The van der Waals surface area contributed by atoms with Gasteiger partial charge in [-0.1, -0.05) is 12.8 Å². The Balaban J connectivity index is 1.22. The van der Waals surface area contributed by atoms with Gasteiger partial charge in [0.15, 0.2) is 0 Å². The molecule has 1 aliphatic carbocycles. The van der Waals surface area contributed by atoms with E-state index in [0.717, 1.165) is 24.2 Å². The third-order valence-corrected chi connectivity index (χ3v) is 7.66. The minimum absolute atomic E-state index is 0.0665. The van der Waals surface area contributed by atoms with Crippen molar-refractivity contribution in [1.82, 2.24) is 9.97 Å². The Morgan fingerprint density at radius 1 is 0.947 bits per heavy atom. The Morgan fingerprint density at radius 3 is 2.32 bits per heavy atom. The SMILES string of the molecule is CN(C)c1ccc(NC(=O)Nc2nc3ccc(OS(=O)(=O)c4ccc(NC5CCCC5)cc4)cc3[nH]2)cc1. The number of aromatic amines is 1. The molecule has 4 aromatic rings. The molecular formula is C27H30N6O4S. The van der Waals surface area contributed by atoms with Crippen molar-refractivity contribution in [2.75, 3.05) is 34.9 Å². The third kappa shape index (κ3) is 6.00. The highest BCUT2D eigenvalue weighted by molar-refractivity contribution is 7.87. The molecule has 5 rings (SSSR count). The summed E-state index contributed by atoms with van der Waals surface area (Å²) in [6.45, 7) is 0. The molecule has 0 bridgehead atoms. The number of aromatic nitrogens is 2. The van der Waals surface area contributed by atoms with E-state index < -0.39 is 16.1 Å². The van der Waals surface area contributed by atoms with Gasteiger partial charge in [-0.3, -0.25) is 5.32 Å². The van der Waals surface area contributed by atoms with Crippen LogP contribution in [0.2, 0.25) is 0 Å². The molecule has 3 aromatic carbocycles. The van der Waals surface area contributed by atoms with Gasteiger partial charge in [0.25, 0.3) is 0 Å². The molecule has 198 valence electrons. The van der Waals surface area contributed by atoms with Gasteiger partial charge in [-0.15, -0.1) is 0 Å². The number of hydrogen-bond donors (Lipinski definition) is 4. The fourth-order valence-corrected chi connectivity index (χ4v) is 5.33. The molecule has 0 spiro atoms. The Kier molecular flexibility index (Phi) is 7.10. The molecule has 11 heteroatoms. The van der Waals surface area contributed by atoms with Gasteiger partial charge < -0.3 is 24.7 Å². The molecule has 0 aliphatic heterocycles. The maximum absolute atomic E-state index is 12.8. The maximum atomic E-state index is 12.8. The number of urea groups is 1. The Morgan fingerprint density at radius 2 is 1.63 bits per heavy atom. The normalized spacial score (nSPS) is 13.8. The first-order chi connectivity index (χ1) is 18.2. The van der Waals surface area contributed by atoms with Crippen molar-refractivity contribution in [1.29, 1.82) is 0 Å². The number of nitrogens with one attached hydrogen (secondary N) is 4. The first-order valence-electron chi connectivity index (χ1n) is 12.4. The zero-order valence-corrected chi connectivity index (χ0v) is 22.0. The van der Waals surface area contributed by atoms with Crippen LogP contribution in [-0.2, 0) is 10.1 Å². The Bertz CT molecular complexity index is 1530. The van der Waals surface area contributed by atoms with E-state index in [4.69, 9.17) is 4.18 Å². The summed E-state index contributed by atoms with van der Waals surface area (Å²) in [5, 5.41) is 8.84. The topological polar surface area (TPSA) is 128 Å². The third-order valence-electron chi connectivity index (χ3n) is 6.40. The molecule has 0 saturated heterocycles. The number of H-pyrrole nitrogens is 1. The van der Waals surface area contributed by atoms with Gasteiger partial charge in [0, 0.05) is 43.3 Å². The first kappa shape index (κ1) is 25.4. The zero-order chi connectivity index (χ0) is 26.7. The largest absolute Gasteiger partial charge is 0.382 e. The lowest BCUT2D eigenvalue weighted by molar-refractivity contribution is 0.262. The van der Waals surface area contributed by atoms with Crippen molar-refractivity contribution in [2.24, 2.45) is 0 Å². The van der Waals surface area contributed by atoms with Crippen LogP contribution in [-0.4, -0.2) is 44.6 Å². The van der Waals surface area contributed by atoms with Crippen LogP contribution < -0.4 is 25.0 Å². The van der Waals surface area contributed by atoms with Gasteiger partial charge in [0.1, 0.15) is 10.6 Å². The lowest BCUT2D eigenvalue weighted by Crippen LogP contribution is -2.20. The highest BCUT2D eigenvalue weighted by Gasteiger charge is 2.19. The monoisotopic (exact) mass is 534 g/mol. The van der Waals surface area contributed by atoms with Gasteiger partial charge in [-0.05, 0) is 73.5 Å². The average molecular weight is 535 g/mol. The first-order valence-corrected chi connectivity index (χ1v) is 13.8. The second kappa shape index (κ2) is 10.6. The predicted octanol–water partition coefficient (Wildman–Crippen LogP) is 5.40. The van der Waals surface area contributed by atoms with E-state index in [1.807, 2.05) is 31.1 Å². The fourth-order valence-electron chi connectivity index (χ4n) is 4.41. The molecule has 0 unspecified atom stereocenters. The summed E-state index contributed by atoms with van der Waals surface area (Å²) in [4.78, 5) is 21.7. The molecule has 0 radical (unpaired) electrons. The number of carbonyl (C=O) groups excluding carboxylic acids is 1. The van der Waals surface area contributed by atoms with Gasteiger partial charge in [-0.2, -0.15) is 8.42 Å². The van der Waals surface area contributed by atoms with Crippen LogP contribution in [0, 0.1) is 0 Å². The number of imidazole rings is 1. The van der Waals surface area contributed by atoms with Gasteiger partial charge >= 0.3 is 16.1 Å². The minimum atomic E-state index is -4.03. The van der Waals surface area contributed by atoms with Crippen molar-refractivity contribution >= 4 is 50.2 Å². The number of anilines is 4. The van der Waals surface area contributed by atoms with Crippen LogP contribution in [0.1, 0.15) is 25.7 Å². The number of benzene rings is 3. The maximum Gasteiger partial charge on any atom is 0.339 e. The van der Waals surface area contributed by atoms with E-state index in [0.29, 0.717) is 22.8 Å². The number of amides is 2. The zero-order valence-electron chi connectivity index (χ0n) is 21.2. The molecule has 1 saturated carbocycles. The van der Waals surface area contributed by atoms with Gasteiger partial charge in [-0.25, -0.2) is 9.78 Å². The fraction of sp³-hybridized carbons (Fsp3) is 0.259. The summed E-state index contributed by atoms with van der Waals surface area (Å²) in [6.07, 6.45) is 4.70. The van der Waals surface area contributed by atoms with E-state index >= 15 is 0 Å². The summed E-state index contributed by atoms with van der Waals surface area (Å²) < 4.78 is 31.0. The number of hydrogen-bond acceptors (Lipinski definition) is 7. The van der Waals surface area contributed by atoms with E-state index in [1.165, 1.54) is 37.1 Å². The van der Waals surface area contributed by atoms with Crippen LogP contribution in [0.25, 0.3) is 11.0 Å². The van der Waals surface area contributed by atoms with Crippen LogP contribution in [0.4, 0.5) is 27.8 Å². The quantitative estimate of drug-likeness (QED) is 0.223. The summed E-state index contributed by atoms with van der Waals surface area (Å²) in [6, 6.07) is 18.6. The molecule has 1 aromatic heterocycles. The second-order valence-corrected chi connectivity index (χ2v) is 11.0. The number of fused-ring (bicyclic) bond motifs is 1. The van der Waals surface area contributed by atoms with Gasteiger partial charge in [0.2, 0.25) is 5.95 Å². The number of rotatable bonds is 8. The molecule has 0 atom stereocenters. The highest BCUT2D eigenvalue weighted by atomic mass is 32.2. The molecular weight excluding hydrogens is 504 g/mol. The van der Waals surface area contributed by atoms with Crippen LogP contribution >= 0.6 is 0 Å². The lowest BCUT2D eigenvalue weighted by Gasteiger charge is -2.14. The predicted molar refractivity (Wildman–Crippen MR) is 150 cm³/mol. The lowest BCUT2D eigenvalue weighted by atomic mass is 10.2. The van der Waals surface area contributed by atoms with Crippen molar-refractivity contribution in [2.45, 2.75) is 36.6 Å². The van der Waals surface area contributed by atoms with Crippen LogP contribution in [0.15, 0.2) is 71.6 Å². The van der Waals surface area contributed by atoms with E-state index in [1.54, 1.807) is 30.3 Å². The average Bonchev–Trinajstić information content (AvgIpc) is 3.53. The highest BCUT2D eigenvalue weighted by Crippen LogP contribution is 2.26. The molecule has 38 heavy (non-hydrogen) atoms. The summed E-state index contributed by atoms with van der Waals surface area (Å²) in [5.41, 5.74) is 3.60. The smallest absolute Gasteiger partial charge is 0.339 e. The summed E-state index contributed by atoms with van der Waals surface area (Å²) in [7, 11) is -0.147. The number of carbonyl (C=O) groups is 1. The summed E-state index contributed by atoms with van der Waals surface area (Å²) >= 11 is 0. The molecule has 1 heterocycles. The molecule has 10 nitrogen and oxygen atoms in total. The standard InChI is InChI=1S/C27H30N6O4S/c1-33(2)21-11-7-20(8-12-21)29-27(34)32-26-30-24-16-13-22(17-25(24)31-26)37-38(35,36)23-14-9-19(10-15-23)28-18-5-3-4-6-18/h7-18,28H,3-6H2,1-2H3,(H3,29,30,31,32,34). The van der Waals surface area contributed by atoms with Crippen molar-refractivity contribution < 1.29 is 17.4 Å². The molecule has 1 aliphatic rings. The minimum Gasteiger partial charge on any atom is -0.382 e. The van der Waals surface area contributed by atoms with Gasteiger partial charge in [0.05, 0.1) is 11.0 Å². The van der Waals surface area contributed by atoms with Crippen LogP contribution in [0.3, 0.4) is 0 Å². The second-order valence-electron chi connectivity index (χ2n) is 9.47. The molecule has 2 amide bonds. The number of nitrogens with zero attached hydrogens (tertiary/aromatic N) is 2. The van der Waals surface area contributed by atoms with Crippen molar-refractivity contribution in [3.63, 3.8) is 0 Å². The van der Waals surface area contributed by atoms with E-state index in [2.05, 4.69) is 25.9 Å². The molecule has 4 N–H and O–H groups in total. The van der Waals surface area contributed by atoms with E-state index in [-0.39, 0.29) is 16.6 Å². The molecule has 1 fully saturated rings. The summed E-state index contributed by atoms with van der Waals surface area (Å²) in [5.74, 6) is 0.346.